The molecule has 2 rings (SSSR count). The summed E-state index contributed by atoms with van der Waals surface area (Å²) in [7, 11) is 0. The highest BCUT2D eigenvalue weighted by molar-refractivity contribution is 5.90. The zero-order valence-corrected chi connectivity index (χ0v) is 12.2. The Hall–Kier alpha value is -2.68. The summed E-state index contributed by atoms with van der Waals surface area (Å²) in [5.74, 6) is -1.31. The maximum Gasteiger partial charge on any atom is 0.337 e. The van der Waals surface area contributed by atoms with Gasteiger partial charge in [0.25, 0.3) is 0 Å². The molecule has 0 fully saturated rings. The summed E-state index contributed by atoms with van der Waals surface area (Å²) >= 11 is 0. The predicted molar refractivity (Wildman–Crippen MR) is 84.7 cm³/mol. The fourth-order valence-electron chi connectivity index (χ4n) is 1.99. The van der Waals surface area contributed by atoms with Gasteiger partial charge >= 0.3 is 5.97 Å². The molecule has 0 saturated heterocycles. The molecule has 0 aromatic heterocycles. The van der Waals surface area contributed by atoms with Crippen molar-refractivity contribution in [3.05, 3.63) is 95.8 Å². The van der Waals surface area contributed by atoms with E-state index in [1.165, 1.54) is 0 Å². The lowest BCUT2D eigenvalue weighted by Crippen LogP contribution is -2.11. The molecule has 112 valence electrons. The molecule has 0 heterocycles. The van der Waals surface area contributed by atoms with Gasteiger partial charge in [-0.05, 0) is 17.2 Å². The number of benzene rings is 2. The second-order valence-electron chi connectivity index (χ2n) is 4.75. The molecule has 0 atom stereocenters. The van der Waals surface area contributed by atoms with Gasteiger partial charge in [0.2, 0.25) is 0 Å². The van der Waals surface area contributed by atoms with E-state index in [1.807, 2.05) is 60.7 Å². The molecule has 0 radical (unpaired) electrons. The molecule has 0 unspecified atom stereocenters. The highest BCUT2D eigenvalue weighted by atomic mass is 19.1. The van der Waals surface area contributed by atoms with Crippen LogP contribution in [0, 0.1) is 0 Å². The minimum atomic E-state index is -0.662. The van der Waals surface area contributed by atoms with Crippen molar-refractivity contribution in [2.24, 2.45) is 0 Å². The molecule has 2 aromatic carbocycles. The van der Waals surface area contributed by atoms with E-state index in [9.17, 15) is 9.18 Å². The van der Waals surface area contributed by atoms with E-state index in [0.29, 0.717) is 0 Å². The number of hydrogen-bond acceptors (Lipinski definition) is 2. The van der Waals surface area contributed by atoms with Crippen LogP contribution < -0.4 is 0 Å². The number of hydrogen-bond donors (Lipinski definition) is 0. The first-order valence-electron chi connectivity index (χ1n) is 6.96. The number of carbonyl (C=O) groups excluding carboxylic acids is 1. The largest absolute Gasteiger partial charge is 0.457 e. The van der Waals surface area contributed by atoms with Gasteiger partial charge in [0, 0.05) is 6.42 Å². The fourth-order valence-corrected chi connectivity index (χ4v) is 1.99. The average Bonchev–Trinajstić information content (AvgIpc) is 2.58. The third-order valence-electron chi connectivity index (χ3n) is 3.15. The number of allylic oxidation sites excluding steroid dienone is 2. The minimum Gasteiger partial charge on any atom is -0.457 e. The van der Waals surface area contributed by atoms with Crippen LogP contribution in [0.1, 0.15) is 11.1 Å². The van der Waals surface area contributed by atoms with Crippen LogP contribution in [-0.2, 0) is 22.6 Å². The average molecular weight is 296 g/mol. The lowest BCUT2D eigenvalue weighted by atomic mass is 10.0. The van der Waals surface area contributed by atoms with Crippen LogP contribution in [0.3, 0.4) is 0 Å². The van der Waals surface area contributed by atoms with Gasteiger partial charge < -0.3 is 4.74 Å². The van der Waals surface area contributed by atoms with Crippen LogP contribution in [0.4, 0.5) is 4.39 Å². The van der Waals surface area contributed by atoms with Gasteiger partial charge in [-0.25, -0.2) is 9.18 Å². The van der Waals surface area contributed by atoms with Crippen LogP contribution in [0.25, 0.3) is 0 Å². The molecular formula is C19H17FO2. The second-order valence-corrected chi connectivity index (χ2v) is 4.75. The van der Waals surface area contributed by atoms with E-state index in [0.717, 1.165) is 17.2 Å². The predicted octanol–water partition coefficient (Wildman–Crippen LogP) is 4.38. The van der Waals surface area contributed by atoms with Crippen LogP contribution in [-0.4, -0.2) is 5.97 Å². The van der Waals surface area contributed by atoms with E-state index in [-0.39, 0.29) is 18.6 Å². The molecule has 0 spiro atoms. The standard InChI is InChI=1S/C19H17FO2/c1-2-18(20)17(13-15-9-5-3-6-10-15)19(21)22-14-16-11-7-4-8-12-16/h2-12H,1,13-14H2/b18-17+. The smallest absolute Gasteiger partial charge is 0.337 e. The summed E-state index contributed by atoms with van der Waals surface area (Å²) in [6, 6.07) is 18.5. The zero-order chi connectivity index (χ0) is 15.8. The van der Waals surface area contributed by atoms with Gasteiger partial charge in [0.15, 0.2) is 0 Å². The van der Waals surface area contributed by atoms with Crippen molar-refractivity contribution >= 4 is 5.97 Å². The van der Waals surface area contributed by atoms with E-state index in [1.54, 1.807) is 0 Å². The molecule has 0 aliphatic heterocycles. The SMILES string of the molecule is C=C/C(F)=C(/Cc1ccccc1)C(=O)OCc1ccccc1. The summed E-state index contributed by atoms with van der Waals surface area (Å²) in [6.45, 7) is 3.50. The summed E-state index contributed by atoms with van der Waals surface area (Å²) in [6.07, 6.45) is 1.20. The minimum absolute atomic E-state index is 0.0165. The summed E-state index contributed by atoms with van der Waals surface area (Å²) < 4.78 is 19.1. The van der Waals surface area contributed by atoms with E-state index >= 15 is 0 Å². The third kappa shape index (κ3) is 4.42. The van der Waals surface area contributed by atoms with E-state index < -0.39 is 11.8 Å². The van der Waals surface area contributed by atoms with Gasteiger partial charge in [-0.15, -0.1) is 0 Å². The number of carbonyl (C=O) groups is 1. The number of halogens is 1. The van der Waals surface area contributed by atoms with Crippen LogP contribution in [0.5, 0.6) is 0 Å². The van der Waals surface area contributed by atoms with Gasteiger partial charge in [-0.2, -0.15) is 0 Å². The first kappa shape index (κ1) is 15.7. The Labute approximate surface area is 129 Å². The number of ether oxygens (including phenoxy) is 1. The van der Waals surface area contributed by atoms with E-state index in [4.69, 9.17) is 4.74 Å². The topological polar surface area (TPSA) is 26.3 Å². The molecule has 0 saturated carbocycles. The Morgan fingerprint density at radius 1 is 1.00 bits per heavy atom. The van der Waals surface area contributed by atoms with Gasteiger partial charge in [0.1, 0.15) is 12.4 Å². The molecule has 0 aliphatic carbocycles. The Kier molecular flexibility index (Phi) is 5.66. The lowest BCUT2D eigenvalue weighted by Gasteiger charge is -2.09. The lowest BCUT2D eigenvalue weighted by molar-refractivity contribution is -0.140. The zero-order valence-electron chi connectivity index (χ0n) is 12.2. The molecule has 0 aliphatic rings. The summed E-state index contributed by atoms with van der Waals surface area (Å²) in [4.78, 5) is 12.2. The van der Waals surface area contributed by atoms with Crippen molar-refractivity contribution in [1.82, 2.24) is 0 Å². The maximum atomic E-state index is 13.9. The normalized spacial score (nSPS) is 11.5. The second kappa shape index (κ2) is 7.93. The van der Waals surface area contributed by atoms with Gasteiger partial charge in [-0.1, -0.05) is 67.2 Å². The Bertz CT molecular complexity index is 660. The Balaban J connectivity index is 2.09. The van der Waals surface area contributed by atoms with Gasteiger partial charge in [0.05, 0.1) is 5.57 Å². The van der Waals surface area contributed by atoms with Crippen LogP contribution in [0.15, 0.2) is 84.7 Å². The molecule has 0 amide bonds. The Morgan fingerprint density at radius 3 is 2.09 bits per heavy atom. The van der Waals surface area contributed by atoms with Crippen molar-refractivity contribution in [2.75, 3.05) is 0 Å². The first-order chi connectivity index (χ1) is 10.7. The van der Waals surface area contributed by atoms with Crippen LogP contribution in [0.2, 0.25) is 0 Å². The molecule has 0 N–H and O–H groups in total. The fraction of sp³-hybridized carbons (Fsp3) is 0.105. The van der Waals surface area contributed by atoms with Gasteiger partial charge in [-0.3, -0.25) is 0 Å². The van der Waals surface area contributed by atoms with Crippen LogP contribution >= 0.6 is 0 Å². The van der Waals surface area contributed by atoms with Crippen molar-refractivity contribution in [2.45, 2.75) is 13.0 Å². The van der Waals surface area contributed by atoms with Crippen molar-refractivity contribution in [1.29, 1.82) is 0 Å². The quantitative estimate of drug-likeness (QED) is 0.449. The number of rotatable bonds is 6. The van der Waals surface area contributed by atoms with Crippen molar-refractivity contribution < 1.29 is 13.9 Å². The first-order valence-corrected chi connectivity index (χ1v) is 6.96. The molecule has 3 heteroatoms. The Morgan fingerprint density at radius 2 is 1.55 bits per heavy atom. The molecule has 2 nitrogen and oxygen atoms in total. The molecule has 22 heavy (non-hydrogen) atoms. The highest BCUT2D eigenvalue weighted by Gasteiger charge is 2.16. The van der Waals surface area contributed by atoms with Crippen molar-refractivity contribution in [3.8, 4) is 0 Å². The molecular weight excluding hydrogens is 279 g/mol. The van der Waals surface area contributed by atoms with Crippen molar-refractivity contribution in [3.63, 3.8) is 0 Å². The molecule has 0 bridgehead atoms. The maximum absolute atomic E-state index is 13.9. The van der Waals surface area contributed by atoms with E-state index in [2.05, 4.69) is 6.58 Å². The monoisotopic (exact) mass is 296 g/mol. The third-order valence-corrected chi connectivity index (χ3v) is 3.15. The summed E-state index contributed by atoms with van der Waals surface area (Å²) in [5.41, 5.74) is 1.68. The highest BCUT2D eigenvalue weighted by Crippen LogP contribution is 2.17. The number of esters is 1. The summed E-state index contributed by atoms with van der Waals surface area (Å²) in [5, 5.41) is 0. The molecule has 2 aromatic rings.